The Labute approximate surface area is 104 Å². The molecule has 17 heavy (non-hydrogen) atoms. The molecular formula is C14H23NO2. The highest BCUT2D eigenvalue weighted by atomic mass is 16.5. The van der Waals surface area contributed by atoms with Crippen LogP contribution in [0.5, 0.6) is 0 Å². The highest BCUT2D eigenvalue weighted by Gasteiger charge is 2.25. The molecule has 1 aliphatic heterocycles. The van der Waals surface area contributed by atoms with Crippen molar-refractivity contribution in [3.63, 3.8) is 0 Å². The molecule has 3 heteroatoms. The second-order valence-electron chi connectivity index (χ2n) is 3.44. The van der Waals surface area contributed by atoms with E-state index < -0.39 is 0 Å². The molecule has 0 bridgehead atoms. The second kappa shape index (κ2) is 8.62. The van der Waals surface area contributed by atoms with E-state index in [9.17, 15) is 4.79 Å². The maximum Gasteiger partial charge on any atom is 0.310 e. The Bertz CT molecular complexity index is 316. The van der Waals surface area contributed by atoms with Crippen molar-refractivity contribution in [1.29, 1.82) is 0 Å². The van der Waals surface area contributed by atoms with Gasteiger partial charge in [-0.25, -0.2) is 0 Å². The Hall–Kier alpha value is -1.51. The van der Waals surface area contributed by atoms with Crippen LogP contribution in [0.3, 0.4) is 0 Å². The Morgan fingerprint density at radius 3 is 2.65 bits per heavy atom. The smallest absolute Gasteiger partial charge is 0.310 e. The van der Waals surface area contributed by atoms with Crippen LogP contribution in [-0.4, -0.2) is 19.6 Å². The number of rotatable bonds is 2. The average Bonchev–Trinajstić information content (AvgIpc) is 2.41. The molecular weight excluding hydrogens is 214 g/mol. The summed E-state index contributed by atoms with van der Waals surface area (Å²) < 4.78 is 4.73. The topological polar surface area (TPSA) is 38.3 Å². The predicted molar refractivity (Wildman–Crippen MR) is 71.5 cm³/mol. The number of ether oxygens (including phenoxy) is 1. The van der Waals surface area contributed by atoms with E-state index in [0.717, 1.165) is 17.7 Å². The SMILES string of the molecule is C=C/C=C1/NCC(C(=O)OC)C/C1=C/C.CC. The van der Waals surface area contributed by atoms with Gasteiger partial charge in [0.25, 0.3) is 0 Å². The summed E-state index contributed by atoms with van der Waals surface area (Å²) >= 11 is 0. The van der Waals surface area contributed by atoms with Crippen molar-refractivity contribution < 1.29 is 9.53 Å². The van der Waals surface area contributed by atoms with Crippen LogP contribution in [0.1, 0.15) is 27.2 Å². The molecule has 0 aliphatic carbocycles. The zero-order chi connectivity index (χ0) is 13.3. The number of hydrogen-bond donors (Lipinski definition) is 1. The lowest BCUT2D eigenvalue weighted by Gasteiger charge is -2.26. The largest absolute Gasteiger partial charge is 0.469 e. The van der Waals surface area contributed by atoms with Crippen LogP contribution >= 0.6 is 0 Å². The van der Waals surface area contributed by atoms with Gasteiger partial charge in [-0.15, -0.1) is 0 Å². The van der Waals surface area contributed by atoms with Crippen LogP contribution in [0.4, 0.5) is 0 Å². The fraction of sp³-hybridized carbons (Fsp3) is 0.500. The third kappa shape index (κ3) is 4.47. The van der Waals surface area contributed by atoms with E-state index in [2.05, 4.69) is 11.9 Å². The summed E-state index contributed by atoms with van der Waals surface area (Å²) in [6, 6.07) is 0. The number of hydrogen-bond acceptors (Lipinski definition) is 3. The van der Waals surface area contributed by atoms with E-state index in [4.69, 9.17) is 4.74 Å². The first-order valence-corrected chi connectivity index (χ1v) is 6.03. The van der Waals surface area contributed by atoms with Crippen molar-refractivity contribution >= 4 is 5.97 Å². The van der Waals surface area contributed by atoms with Gasteiger partial charge in [0.05, 0.1) is 13.0 Å². The quantitative estimate of drug-likeness (QED) is 0.750. The summed E-state index contributed by atoms with van der Waals surface area (Å²) in [7, 11) is 1.42. The molecule has 1 heterocycles. The first-order valence-electron chi connectivity index (χ1n) is 6.03. The lowest BCUT2D eigenvalue weighted by atomic mass is 9.92. The zero-order valence-electron chi connectivity index (χ0n) is 11.2. The molecule has 0 spiro atoms. The van der Waals surface area contributed by atoms with Gasteiger partial charge in [0.2, 0.25) is 0 Å². The number of carbonyl (C=O) groups excluding carboxylic acids is 1. The van der Waals surface area contributed by atoms with E-state index in [-0.39, 0.29) is 11.9 Å². The molecule has 1 N–H and O–H groups in total. The van der Waals surface area contributed by atoms with E-state index in [1.165, 1.54) is 7.11 Å². The summed E-state index contributed by atoms with van der Waals surface area (Å²) in [4.78, 5) is 11.4. The molecule has 96 valence electrons. The van der Waals surface area contributed by atoms with Crippen molar-refractivity contribution in [2.24, 2.45) is 5.92 Å². The molecule has 1 saturated heterocycles. The van der Waals surface area contributed by atoms with Gasteiger partial charge in [-0.3, -0.25) is 4.79 Å². The lowest BCUT2D eigenvalue weighted by molar-refractivity contribution is -0.145. The summed E-state index contributed by atoms with van der Waals surface area (Å²) in [5.41, 5.74) is 2.18. The van der Waals surface area contributed by atoms with Gasteiger partial charge in [0, 0.05) is 12.2 Å². The Balaban J connectivity index is 0.00000121. The molecule has 1 aliphatic rings. The molecule has 0 aromatic heterocycles. The number of allylic oxidation sites excluding steroid dienone is 4. The summed E-state index contributed by atoms with van der Waals surface area (Å²) in [6.45, 7) is 10.3. The highest BCUT2D eigenvalue weighted by Crippen LogP contribution is 2.23. The van der Waals surface area contributed by atoms with Crippen LogP contribution in [0, 0.1) is 5.92 Å². The zero-order valence-corrected chi connectivity index (χ0v) is 11.2. The molecule has 0 aromatic rings. The fourth-order valence-electron chi connectivity index (χ4n) is 1.68. The third-order valence-corrected chi connectivity index (χ3v) is 2.52. The molecule has 1 fully saturated rings. The van der Waals surface area contributed by atoms with Gasteiger partial charge in [-0.1, -0.05) is 32.6 Å². The van der Waals surface area contributed by atoms with Crippen LogP contribution in [0.2, 0.25) is 0 Å². The van der Waals surface area contributed by atoms with Crippen LogP contribution < -0.4 is 5.32 Å². The second-order valence-corrected chi connectivity index (χ2v) is 3.44. The van der Waals surface area contributed by atoms with Gasteiger partial charge in [-0.05, 0) is 25.0 Å². The maximum atomic E-state index is 11.4. The normalized spacial score (nSPS) is 23.4. The van der Waals surface area contributed by atoms with Crippen LogP contribution in [-0.2, 0) is 9.53 Å². The number of methoxy groups -OCH3 is 1. The van der Waals surface area contributed by atoms with E-state index in [1.807, 2.05) is 32.9 Å². The van der Waals surface area contributed by atoms with Gasteiger partial charge in [-0.2, -0.15) is 0 Å². The predicted octanol–water partition coefficient (Wildman–Crippen LogP) is 2.81. The highest BCUT2D eigenvalue weighted by molar-refractivity contribution is 5.73. The third-order valence-electron chi connectivity index (χ3n) is 2.52. The van der Waals surface area contributed by atoms with E-state index in [1.54, 1.807) is 6.08 Å². The first-order chi connectivity index (χ1) is 8.22. The Morgan fingerprint density at radius 2 is 2.18 bits per heavy atom. The number of carbonyl (C=O) groups is 1. The van der Waals surface area contributed by atoms with Crippen LogP contribution in [0.25, 0.3) is 0 Å². The standard InChI is InChI=1S/C12H17NO2.C2H6/c1-4-6-11-9(5-2)7-10(8-13-11)12(14)15-3;1-2/h4-6,10,13H,1,7-8H2,2-3H3;1-2H3/b9-5-,11-6+;. The fourth-order valence-corrected chi connectivity index (χ4v) is 1.68. The van der Waals surface area contributed by atoms with Gasteiger partial charge < -0.3 is 10.1 Å². The molecule has 0 saturated carbocycles. The monoisotopic (exact) mass is 237 g/mol. The summed E-state index contributed by atoms with van der Waals surface area (Å²) in [5, 5.41) is 3.21. The molecule has 3 nitrogen and oxygen atoms in total. The van der Waals surface area contributed by atoms with Crippen molar-refractivity contribution in [2.75, 3.05) is 13.7 Å². The summed E-state index contributed by atoms with van der Waals surface area (Å²) in [5.74, 6) is -0.234. The number of nitrogens with one attached hydrogen (secondary N) is 1. The minimum absolute atomic E-state index is 0.0804. The van der Waals surface area contributed by atoms with Gasteiger partial charge >= 0.3 is 5.97 Å². The molecule has 0 radical (unpaired) electrons. The van der Waals surface area contributed by atoms with Crippen molar-refractivity contribution in [3.8, 4) is 0 Å². The van der Waals surface area contributed by atoms with E-state index >= 15 is 0 Å². The first kappa shape index (κ1) is 15.5. The van der Waals surface area contributed by atoms with Crippen LogP contribution in [0.15, 0.2) is 36.1 Å². The number of piperidine rings is 1. The molecule has 1 rings (SSSR count). The van der Waals surface area contributed by atoms with Gasteiger partial charge in [0.1, 0.15) is 0 Å². The molecule has 1 unspecified atom stereocenters. The molecule has 1 atom stereocenters. The molecule has 0 amide bonds. The van der Waals surface area contributed by atoms with Crippen molar-refractivity contribution in [1.82, 2.24) is 5.32 Å². The van der Waals surface area contributed by atoms with Gasteiger partial charge in [0.15, 0.2) is 0 Å². The maximum absolute atomic E-state index is 11.4. The summed E-state index contributed by atoms with van der Waals surface area (Å²) in [6.07, 6.45) is 6.40. The average molecular weight is 237 g/mol. The lowest BCUT2D eigenvalue weighted by Crippen LogP contribution is -2.35. The Morgan fingerprint density at radius 1 is 1.53 bits per heavy atom. The van der Waals surface area contributed by atoms with Crippen molar-refractivity contribution in [2.45, 2.75) is 27.2 Å². The molecule has 0 aromatic carbocycles. The minimum Gasteiger partial charge on any atom is -0.469 e. The Kier molecular flexibility index (Phi) is 7.85. The number of esters is 1. The van der Waals surface area contributed by atoms with Crippen molar-refractivity contribution in [3.05, 3.63) is 36.1 Å². The van der Waals surface area contributed by atoms with E-state index in [0.29, 0.717) is 6.54 Å². The minimum atomic E-state index is -0.153.